The number of hydrogen-bond acceptors (Lipinski definition) is 4. The van der Waals surface area contributed by atoms with Crippen molar-refractivity contribution < 1.29 is 9.59 Å². The van der Waals surface area contributed by atoms with Crippen LogP contribution in [-0.2, 0) is 0 Å². The van der Waals surface area contributed by atoms with Gasteiger partial charge in [0, 0.05) is 21.9 Å². The molecule has 0 aliphatic carbocycles. The van der Waals surface area contributed by atoms with Crippen LogP contribution in [-0.4, -0.2) is 21.4 Å². The third kappa shape index (κ3) is 4.53. The second-order valence-corrected chi connectivity index (χ2v) is 12.2. The third-order valence-electron chi connectivity index (χ3n) is 9.40. The normalized spacial score (nSPS) is 12.4. The van der Waals surface area contributed by atoms with Crippen LogP contribution in [0.2, 0.25) is 0 Å². The second kappa shape index (κ2) is 11.6. The van der Waals surface area contributed by atoms with E-state index in [0.29, 0.717) is 33.9 Å². The minimum Gasteiger partial charge on any atom is -0.308 e. The summed E-state index contributed by atoms with van der Waals surface area (Å²) in [5, 5.41) is 11.5. The highest BCUT2D eigenvalue weighted by molar-refractivity contribution is 6.36. The summed E-state index contributed by atoms with van der Waals surface area (Å²) in [6.45, 7) is 0. The van der Waals surface area contributed by atoms with Gasteiger partial charge in [-0.2, -0.15) is 5.26 Å². The molecule has 1 aliphatic heterocycles. The maximum atomic E-state index is 14.7. The largest absolute Gasteiger partial charge is 0.308 e. The van der Waals surface area contributed by atoms with Gasteiger partial charge in [0.05, 0.1) is 39.2 Å². The molecule has 0 fully saturated rings. The van der Waals surface area contributed by atoms with Gasteiger partial charge in [-0.1, -0.05) is 109 Å². The highest BCUT2D eigenvalue weighted by Crippen LogP contribution is 2.42. The topological polar surface area (TPSA) is 79.0 Å². The van der Waals surface area contributed by atoms with Gasteiger partial charge in [0.2, 0.25) is 0 Å². The quantitative estimate of drug-likeness (QED) is 0.175. The lowest BCUT2D eigenvalue weighted by atomic mass is 9.97. The fraction of sp³-hybridized carbons (Fsp3) is 0. The molecule has 1 aliphatic rings. The van der Waals surface area contributed by atoms with Crippen LogP contribution in [0.4, 0.5) is 5.69 Å². The minimum absolute atomic E-state index is 0.333. The highest BCUT2D eigenvalue weighted by Gasteiger charge is 2.40. The van der Waals surface area contributed by atoms with Crippen molar-refractivity contribution in [2.45, 2.75) is 0 Å². The number of pyridine rings is 1. The fourth-order valence-corrected chi connectivity index (χ4v) is 7.11. The summed E-state index contributed by atoms with van der Waals surface area (Å²) in [5.41, 5.74) is 9.17. The Morgan fingerprint density at radius 3 is 2.00 bits per heavy atom. The summed E-state index contributed by atoms with van der Waals surface area (Å²) in [6.07, 6.45) is 0. The molecule has 6 nitrogen and oxygen atoms in total. The van der Waals surface area contributed by atoms with Crippen LogP contribution in [0.3, 0.4) is 0 Å². The molecule has 8 aromatic rings. The predicted molar refractivity (Wildman–Crippen MR) is 197 cm³/mol. The van der Waals surface area contributed by atoms with Crippen molar-refractivity contribution in [2.24, 2.45) is 0 Å². The van der Waals surface area contributed by atoms with Gasteiger partial charge < -0.3 is 4.57 Å². The van der Waals surface area contributed by atoms with Crippen molar-refractivity contribution in [3.63, 3.8) is 0 Å². The molecule has 234 valence electrons. The lowest BCUT2D eigenvalue weighted by Crippen LogP contribution is -2.30. The molecule has 9 rings (SSSR count). The van der Waals surface area contributed by atoms with Crippen molar-refractivity contribution in [1.29, 1.82) is 5.26 Å². The lowest BCUT2D eigenvalue weighted by Gasteiger charge is -2.20. The average molecular weight is 643 g/mol. The van der Waals surface area contributed by atoms with Gasteiger partial charge in [-0.15, -0.1) is 0 Å². The van der Waals surface area contributed by atoms with Crippen molar-refractivity contribution in [3.8, 4) is 45.3 Å². The zero-order valence-corrected chi connectivity index (χ0v) is 26.6. The summed E-state index contributed by atoms with van der Waals surface area (Å²) in [7, 11) is 0. The van der Waals surface area contributed by atoms with Crippen molar-refractivity contribution in [3.05, 3.63) is 175 Å². The molecule has 0 bridgehead atoms. The Morgan fingerprint density at radius 1 is 0.500 bits per heavy atom. The number of nitrogens with zero attached hydrogens (tertiary/aromatic N) is 4. The summed E-state index contributed by atoms with van der Waals surface area (Å²) >= 11 is 0. The zero-order valence-electron chi connectivity index (χ0n) is 26.6. The molecule has 3 heterocycles. The first kappa shape index (κ1) is 29.1. The number of hydrogen-bond donors (Lipinski definition) is 0. The van der Waals surface area contributed by atoms with Gasteiger partial charge in [0.15, 0.2) is 0 Å². The number of imide groups is 1. The van der Waals surface area contributed by atoms with Crippen LogP contribution in [0.25, 0.3) is 61.0 Å². The van der Waals surface area contributed by atoms with Crippen LogP contribution in [0, 0.1) is 11.3 Å². The van der Waals surface area contributed by atoms with E-state index in [1.807, 2.05) is 140 Å². The molecule has 0 N–H and O–H groups in total. The highest BCUT2D eigenvalue weighted by atomic mass is 16.2. The summed E-state index contributed by atoms with van der Waals surface area (Å²) in [6, 6.07) is 52.9. The third-order valence-corrected chi connectivity index (χ3v) is 9.40. The van der Waals surface area contributed by atoms with E-state index >= 15 is 0 Å². The van der Waals surface area contributed by atoms with E-state index in [1.165, 1.54) is 4.90 Å². The molecule has 2 amide bonds. The standard InChI is InChI=1S/C44H26N4O2/c45-27-32-15-9-18-37(46-32)31-21-23-34-33-16-7-8-19-38(33)47(41(34)26-31)40-20-10-17-35-42(40)44(50)48(43(35)49)39-24-22-30(28-11-3-1-4-12-28)25-36(39)29-13-5-2-6-14-29/h1-26H. The van der Waals surface area contributed by atoms with E-state index < -0.39 is 0 Å². The molecular formula is C44H26N4O2. The molecule has 6 aromatic carbocycles. The predicted octanol–water partition coefficient (Wildman–Crippen LogP) is 9.85. The van der Waals surface area contributed by atoms with E-state index in [0.717, 1.165) is 49.6 Å². The molecule has 0 spiro atoms. The van der Waals surface area contributed by atoms with Gasteiger partial charge >= 0.3 is 0 Å². The average Bonchev–Trinajstić information content (AvgIpc) is 3.65. The number of anilines is 1. The van der Waals surface area contributed by atoms with E-state index in [2.05, 4.69) is 21.7 Å². The monoisotopic (exact) mass is 642 g/mol. The Balaban J connectivity index is 1.24. The Kier molecular flexibility index (Phi) is 6.72. The van der Waals surface area contributed by atoms with Crippen LogP contribution in [0.5, 0.6) is 0 Å². The van der Waals surface area contributed by atoms with Crippen LogP contribution in [0.1, 0.15) is 26.4 Å². The first-order valence-corrected chi connectivity index (χ1v) is 16.3. The fourth-order valence-electron chi connectivity index (χ4n) is 7.11. The van der Waals surface area contributed by atoms with Crippen LogP contribution < -0.4 is 4.90 Å². The number of aromatic nitrogens is 2. The number of rotatable bonds is 5. The van der Waals surface area contributed by atoms with E-state index in [-0.39, 0.29) is 11.8 Å². The number of nitriles is 1. The minimum atomic E-state index is -0.379. The molecule has 0 atom stereocenters. The molecular weight excluding hydrogens is 617 g/mol. The van der Waals surface area contributed by atoms with Crippen molar-refractivity contribution in [1.82, 2.24) is 9.55 Å². The molecule has 0 radical (unpaired) electrons. The van der Waals surface area contributed by atoms with Crippen molar-refractivity contribution in [2.75, 3.05) is 4.90 Å². The second-order valence-electron chi connectivity index (χ2n) is 12.2. The smallest absolute Gasteiger partial charge is 0.268 e. The Morgan fingerprint density at radius 2 is 1.20 bits per heavy atom. The molecule has 0 saturated heterocycles. The van der Waals surface area contributed by atoms with Gasteiger partial charge in [0.25, 0.3) is 11.8 Å². The number of carbonyl (C=O) groups is 2. The number of benzene rings is 6. The summed E-state index contributed by atoms with van der Waals surface area (Å²) in [4.78, 5) is 35.0. The maximum absolute atomic E-state index is 14.7. The molecule has 0 saturated carbocycles. The van der Waals surface area contributed by atoms with Crippen LogP contribution >= 0.6 is 0 Å². The Bertz CT molecular complexity index is 2710. The number of para-hydroxylation sites is 1. The van der Waals surface area contributed by atoms with E-state index in [9.17, 15) is 14.9 Å². The SMILES string of the molecule is N#Cc1cccc(-c2ccc3c4ccccc4n(-c4cccc5c4C(=O)N(c4ccc(-c6ccccc6)cc4-c4ccccc4)C5=O)c3c2)n1. The summed E-state index contributed by atoms with van der Waals surface area (Å²) < 4.78 is 2.06. The molecule has 50 heavy (non-hydrogen) atoms. The van der Waals surface area contributed by atoms with E-state index in [4.69, 9.17) is 0 Å². The Hall–Kier alpha value is -7.10. The number of carbonyl (C=O) groups excluding carboxylic acids is 2. The van der Waals surface area contributed by atoms with Gasteiger partial charge in [-0.05, 0) is 65.2 Å². The summed E-state index contributed by atoms with van der Waals surface area (Å²) in [5.74, 6) is -0.744. The molecule has 6 heteroatoms. The van der Waals surface area contributed by atoms with Gasteiger partial charge in [0.1, 0.15) is 11.8 Å². The maximum Gasteiger partial charge on any atom is 0.268 e. The molecule has 2 aromatic heterocycles. The van der Waals surface area contributed by atoms with Crippen LogP contribution in [0.15, 0.2) is 158 Å². The number of fused-ring (bicyclic) bond motifs is 4. The lowest BCUT2D eigenvalue weighted by molar-refractivity contribution is 0.0926. The zero-order chi connectivity index (χ0) is 33.8. The molecule has 0 unspecified atom stereocenters. The van der Waals surface area contributed by atoms with Gasteiger partial charge in [-0.3, -0.25) is 9.59 Å². The van der Waals surface area contributed by atoms with E-state index in [1.54, 1.807) is 12.1 Å². The van der Waals surface area contributed by atoms with Crippen molar-refractivity contribution >= 4 is 39.3 Å². The van der Waals surface area contributed by atoms with Gasteiger partial charge in [-0.25, -0.2) is 9.88 Å². The Labute approximate surface area is 287 Å². The first-order chi connectivity index (χ1) is 24.6. The number of amides is 2. The first-order valence-electron chi connectivity index (χ1n) is 16.3.